The van der Waals surface area contributed by atoms with Crippen LogP contribution in [0.5, 0.6) is 0 Å². The lowest BCUT2D eigenvalue weighted by Crippen LogP contribution is -2.40. The van der Waals surface area contributed by atoms with Gasteiger partial charge in [0.25, 0.3) is 0 Å². The molecule has 0 heterocycles. The van der Waals surface area contributed by atoms with Crippen molar-refractivity contribution < 1.29 is 19.1 Å². The Labute approximate surface area is 134 Å². The van der Waals surface area contributed by atoms with Crippen molar-refractivity contribution in [2.24, 2.45) is 5.92 Å². The second-order valence-corrected chi connectivity index (χ2v) is 6.15. The minimum absolute atomic E-state index is 0.0388. The van der Waals surface area contributed by atoms with Gasteiger partial charge >= 0.3 is 12.0 Å². The summed E-state index contributed by atoms with van der Waals surface area (Å²) in [5, 5.41) is 11.4. The van der Waals surface area contributed by atoms with Gasteiger partial charge in [0, 0.05) is 11.0 Å². The Bertz CT molecular complexity index is 558. The maximum absolute atomic E-state index is 13.1. The zero-order chi connectivity index (χ0) is 15.6. The SMILES string of the molecule is O=C(O)CN(CC1CC1)C(=O)Nc1c(Cl)cc(F)cc1Br. The molecule has 0 aliphatic heterocycles. The predicted molar refractivity (Wildman–Crippen MR) is 80.1 cm³/mol. The van der Waals surface area contributed by atoms with E-state index in [2.05, 4.69) is 21.2 Å². The summed E-state index contributed by atoms with van der Waals surface area (Å²) in [6.07, 6.45) is 1.98. The molecule has 1 aromatic carbocycles. The Morgan fingerprint density at radius 3 is 2.67 bits per heavy atom. The van der Waals surface area contributed by atoms with E-state index in [1.807, 2.05) is 0 Å². The van der Waals surface area contributed by atoms with Crippen LogP contribution in [-0.4, -0.2) is 35.1 Å². The first-order valence-corrected chi connectivity index (χ1v) is 7.46. The lowest BCUT2D eigenvalue weighted by atomic mass is 10.3. The van der Waals surface area contributed by atoms with Crippen molar-refractivity contribution in [2.75, 3.05) is 18.4 Å². The van der Waals surface area contributed by atoms with Gasteiger partial charge in [0.05, 0.1) is 10.7 Å². The van der Waals surface area contributed by atoms with E-state index in [4.69, 9.17) is 16.7 Å². The van der Waals surface area contributed by atoms with Crippen LogP contribution in [0.2, 0.25) is 5.02 Å². The molecule has 21 heavy (non-hydrogen) atoms. The van der Waals surface area contributed by atoms with E-state index in [9.17, 15) is 14.0 Å². The fourth-order valence-corrected chi connectivity index (χ4v) is 2.74. The number of carbonyl (C=O) groups excluding carboxylic acids is 1. The fourth-order valence-electron chi connectivity index (χ4n) is 1.84. The molecule has 5 nitrogen and oxygen atoms in total. The molecule has 0 aromatic heterocycles. The summed E-state index contributed by atoms with van der Waals surface area (Å²) in [5.74, 6) is -1.28. The molecule has 1 fully saturated rings. The van der Waals surface area contributed by atoms with Crippen molar-refractivity contribution in [3.8, 4) is 0 Å². The standard InChI is InChI=1S/C13H13BrClFN2O3/c14-9-3-8(16)4-10(15)12(9)17-13(21)18(6-11(19)20)5-7-1-2-7/h3-4,7H,1-2,5-6H2,(H,17,21)(H,19,20). The number of rotatable bonds is 5. The van der Waals surface area contributed by atoms with Gasteiger partial charge in [-0.25, -0.2) is 9.18 Å². The van der Waals surface area contributed by atoms with Gasteiger partial charge in [0.2, 0.25) is 0 Å². The van der Waals surface area contributed by atoms with Crippen molar-refractivity contribution in [3.05, 3.63) is 27.4 Å². The Morgan fingerprint density at radius 1 is 1.48 bits per heavy atom. The van der Waals surface area contributed by atoms with Gasteiger partial charge in [-0.2, -0.15) is 0 Å². The summed E-state index contributed by atoms with van der Waals surface area (Å²) in [7, 11) is 0. The van der Waals surface area contributed by atoms with Crippen LogP contribution < -0.4 is 5.32 Å². The van der Waals surface area contributed by atoms with Gasteiger partial charge in [0.15, 0.2) is 0 Å². The van der Waals surface area contributed by atoms with E-state index in [0.717, 1.165) is 18.9 Å². The van der Waals surface area contributed by atoms with Crippen LogP contribution in [-0.2, 0) is 4.79 Å². The number of hydrogen-bond donors (Lipinski definition) is 2. The molecule has 2 rings (SSSR count). The van der Waals surface area contributed by atoms with Gasteiger partial charge in [0.1, 0.15) is 12.4 Å². The largest absolute Gasteiger partial charge is 0.480 e. The van der Waals surface area contributed by atoms with E-state index in [-0.39, 0.29) is 10.7 Å². The van der Waals surface area contributed by atoms with Crippen molar-refractivity contribution in [1.82, 2.24) is 4.90 Å². The molecular formula is C13H13BrClFN2O3. The molecule has 0 saturated heterocycles. The lowest BCUT2D eigenvalue weighted by molar-refractivity contribution is -0.137. The molecule has 0 bridgehead atoms. The van der Waals surface area contributed by atoms with E-state index in [1.54, 1.807) is 0 Å². The van der Waals surface area contributed by atoms with E-state index < -0.39 is 24.4 Å². The molecule has 114 valence electrons. The third-order valence-corrected chi connectivity index (χ3v) is 3.95. The number of aliphatic carboxylic acids is 1. The Morgan fingerprint density at radius 2 is 2.14 bits per heavy atom. The quantitative estimate of drug-likeness (QED) is 0.822. The van der Waals surface area contributed by atoms with Crippen LogP contribution in [0.1, 0.15) is 12.8 Å². The molecule has 0 spiro atoms. The number of amides is 2. The fraction of sp³-hybridized carbons (Fsp3) is 0.385. The van der Waals surface area contributed by atoms with Crippen molar-refractivity contribution in [3.63, 3.8) is 0 Å². The van der Waals surface area contributed by atoms with Gasteiger partial charge in [-0.3, -0.25) is 4.79 Å². The van der Waals surface area contributed by atoms with Crippen LogP contribution in [0.15, 0.2) is 16.6 Å². The highest BCUT2D eigenvalue weighted by Gasteiger charge is 2.28. The molecule has 1 aromatic rings. The van der Waals surface area contributed by atoms with Gasteiger partial charge < -0.3 is 15.3 Å². The number of hydrogen-bond acceptors (Lipinski definition) is 2. The van der Waals surface area contributed by atoms with Crippen molar-refractivity contribution >= 4 is 45.2 Å². The number of anilines is 1. The molecule has 2 N–H and O–H groups in total. The summed E-state index contributed by atoms with van der Waals surface area (Å²) in [6, 6.07) is 1.67. The number of urea groups is 1. The first-order chi connectivity index (χ1) is 9.86. The summed E-state index contributed by atoms with van der Waals surface area (Å²) >= 11 is 9.00. The predicted octanol–water partition coefficient (Wildman–Crippen LogP) is 3.57. The molecule has 0 radical (unpaired) electrons. The highest BCUT2D eigenvalue weighted by atomic mass is 79.9. The third kappa shape index (κ3) is 4.57. The smallest absolute Gasteiger partial charge is 0.323 e. The number of halogens is 3. The minimum Gasteiger partial charge on any atom is -0.480 e. The number of carboxylic acid groups (broad SMARTS) is 1. The van der Waals surface area contributed by atoms with Crippen LogP contribution in [0, 0.1) is 11.7 Å². The number of nitrogens with one attached hydrogen (secondary N) is 1. The van der Waals surface area contributed by atoms with E-state index >= 15 is 0 Å². The monoisotopic (exact) mass is 378 g/mol. The lowest BCUT2D eigenvalue weighted by Gasteiger charge is -2.21. The number of nitrogens with zero attached hydrogens (tertiary/aromatic N) is 1. The Balaban J connectivity index is 2.12. The average molecular weight is 380 g/mol. The maximum Gasteiger partial charge on any atom is 0.323 e. The summed E-state index contributed by atoms with van der Waals surface area (Å²) < 4.78 is 13.4. The molecule has 8 heteroatoms. The van der Waals surface area contributed by atoms with Crippen LogP contribution in [0.4, 0.5) is 14.9 Å². The molecule has 1 aliphatic rings. The zero-order valence-corrected chi connectivity index (χ0v) is 13.2. The molecule has 0 unspecified atom stereocenters. The summed E-state index contributed by atoms with van der Waals surface area (Å²) in [6.45, 7) is -0.00661. The second kappa shape index (κ2) is 6.62. The summed E-state index contributed by atoms with van der Waals surface area (Å²) in [4.78, 5) is 24.2. The molecule has 1 aliphatic carbocycles. The van der Waals surface area contributed by atoms with Crippen LogP contribution in [0.25, 0.3) is 0 Å². The normalized spacial score (nSPS) is 13.9. The Kier molecular flexibility index (Phi) is 5.05. The van der Waals surface area contributed by atoms with Crippen LogP contribution >= 0.6 is 27.5 Å². The first kappa shape index (κ1) is 16.0. The summed E-state index contributed by atoms with van der Waals surface area (Å²) in [5.41, 5.74) is 0.217. The first-order valence-electron chi connectivity index (χ1n) is 6.29. The molecule has 1 saturated carbocycles. The highest BCUT2D eigenvalue weighted by Crippen LogP contribution is 2.33. The van der Waals surface area contributed by atoms with E-state index in [0.29, 0.717) is 16.9 Å². The number of benzene rings is 1. The second-order valence-electron chi connectivity index (χ2n) is 4.89. The Hall–Kier alpha value is -1.34. The molecular weight excluding hydrogens is 367 g/mol. The molecule has 2 amide bonds. The minimum atomic E-state index is -1.09. The third-order valence-electron chi connectivity index (χ3n) is 3.03. The topological polar surface area (TPSA) is 69.6 Å². The van der Waals surface area contributed by atoms with Gasteiger partial charge in [-0.15, -0.1) is 0 Å². The highest BCUT2D eigenvalue weighted by molar-refractivity contribution is 9.10. The zero-order valence-electron chi connectivity index (χ0n) is 10.9. The van der Waals surface area contributed by atoms with Crippen molar-refractivity contribution in [2.45, 2.75) is 12.8 Å². The van der Waals surface area contributed by atoms with Crippen molar-refractivity contribution in [1.29, 1.82) is 0 Å². The van der Waals surface area contributed by atoms with E-state index in [1.165, 1.54) is 11.0 Å². The number of carboxylic acids is 1. The number of carbonyl (C=O) groups is 2. The van der Waals surface area contributed by atoms with Gasteiger partial charge in [-0.05, 0) is 46.8 Å². The average Bonchev–Trinajstić information content (AvgIpc) is 3.16. The maximum atomic E-state index is 13.1. The van der Waals surface area contributed by atoms with Crippen LogP contribution in [0.3, 0.4) is 0 Å². The molecule has 0 atom stereocenters. The van der Waals surface area contributed by atoms with Gasteiger partial charge in [-0.1, -0.05) is 11.6 Å².